The summed E-state index contributed by atoms with van der Waals surface area (Å²) in [4.78, 5) is 29.1. The van der Waals surface area contributed by atoms with E-state index in [0.717, 1.165) is 11.4 Å². The highest BCUT2D eigenvalue weighted by Gasteiger charge is 2.30. The summed E-state index contributed by atoms with van der Waals surface area (Å²) in [6.45, 7) is 2.41. The lowest BCUT2D eigenvalue weighted by Crippen LogP contribution is -2.47. The van der Waals surface area contributed by atoms with Gasteiger partial charge in [0.25, 0.3) is 5.91 Å². The molecule has 0 aromatic carbocycles. The van der Waals surface area contributed by atoms with Crippen molar-refractivity contribution in [1.82, 2.24) is 9.88 Å². The van der Waals surface area contributed by atoms with Gasteiger partial charge in [0.05, 0.1) is 12.5 Å². The number of thioether (sulfide) groups is 1. The lowest BCUT2D eigenvalue weighted by atomic mass is 10.1. The van der Waals surface area contributed by atoms with Crippen LogP contribution in [0, 0.1) is 6.92 Å². The molecule has 1 aromatic heterocycles. The number of aromatic nitrogens is 1. The van der Waals surface area contributed by atoms with Crippen molar-refractivity contribution in [3.8, 4) is 0 Å². The fourth-order valence-corrected chi connectivity index (χ4v) is 3.16. The van der Waals surface area contributed by atoms with Crippen molar-refractivity contribution in [3.63, 3.8) is 0 Å². The second-order valence-electron chi connectivity index (χ2n) is 4.49. The summed E-state index contributed by atoms with van der Waals surface area (Å²) in [5.41, 5.74) is 1.18. The number of rotatable bonds is 3. The molecule has 19 heavy (non-hydrogen) atoms. The van der Waals surface area contributed by atoms with Crippen LogP contribution in [0.25, 0.3) is 0 Å². The number of pyridine rings is 1. The first-order valence-electron chi connectivity index (χ1n) is 6.12. The third-order valence-electron chi connectivity index (χ3n) is 3.01. The summed E-state index contributed by atoms with van der Waals surface area (Å²) in [5, 5.41) is 8.92. The molecule has 1 N–H and O–H groups in total. The van der Waals surface area contributed by atoms with Crippen LogP contribution in [0.2, 0.25) is 0 Å². The first-order valence-corrected chi connectivity index (χ1v) is 7.27. The molecule has 1 saturated heterocycles. The molecule has 6 heteroatoms. The Kier molecular flexibility index (Phi) is 4.42. The van der Waals surface area contributed by atoms with Crippen LogP contribution in [0.5, 0.6) is 0 Å². The summed E-state index contributed by atoms with van der Waals surface area (Å²) in [6, 6.07) is 5.05. The van der Waals surface area contributed by atoms with E-state index < -0.39 is 5.97 Å². The molecule has 0 aliphatic carbocycles. The number of carboxylic acids is 1. The second kappa shape index (κ2) is 6.06. The number of aryl methyl sites for hydroxylation is 1. The van der Waals surface area contributed by atoms with Gasteiger partial charge in [-0.2, -0.15) is 11.8 Å². The maximum atomic E-state index is 12.4. The molecule has 1 aliphatic rings. The average Bonchev–Trinajstić information content (AvgIpc) is 2.38. The van der Waals surface area contributed by atoms with Gasteiger partial charge in [0.1, 0.15) is 5.69 Å². The minimum Gasteiger partial charge on any atom is -0.481 e. The van der Waals surface area contributed by atoms with Gasteiger partial charge < -0.3 is 10.0 Å². The highest BCUT2D eigenvalue weighted by atomic mass is 32.2. The fraction of sp³-hybridized carbons (Fsp3) is 0.462. The van der Waals surface area contributed by atoms with E-state index in [9.17, 15) is 9.59 Å². The Balaban J connectivity index is 2.17. The van der Waals surface area contributed by atoms with Gasteiger partial charge in [0.2, 0.25) is 0 Å². The summed E-state index contributed by atoms with van der Waals surface area (Å²) in [6.07, 6.45) is -0.00937. The van der Waals surface area contributed by atoms with E-state index in [1.165, 1.54) is 0 Å². The topological polar surface area (TPSA) is 70.5 Å². The molecule has 0 bridgehead atoms. The molecule has 2 heterocycles. The van der Waals surface area contributed by atoms with Gasteiger partial charge in [0, 0.05) is 23.7 Å². The number of amides is 1. The van der Waals surface area contributed by atoms with Crippen LogP contribution < -0.4 is 0 Å². The van der Waals surface area contributed by atoms with E-state index in [1.807, 2.05) is 13.0 Å². The molecule has 102 valence electrons. The van der Waals surface area contributed by atoms with Crippen molar-refractivity contribution in [2.24, 2.45) is 0 Å². The smallest absolute Gasteiger partial charge is 0.305 e. The van der Waals surface area contributed by atoms with Crippen LogP contribution >= 0.6 is 11.8 Å². The zero-order valence-corrected chi connectivity index (χ0v) is 11.5. The third kappa shape index (κ3) is 3.47. The minimum absolute atomic E-state index is 0.00937. The average molecular weight is 280 g/mol. The van der Waals surface area contributed by atoms with E-state index in [0.29, 0.717) is 18.0 Å². The minimum atomic E-state index is -0.873. The molecule has 1 fully saturated rings. The summed E-state index contributed by atoms with van der Waals surface area (Å²) < 4.78 is 0. The number of carbonyl (C=O) groups is 2. The predicted molar refractivity (Wildman–Crippen MR) is 73.4 cm³/mol. The quantitative estimate of drug-likeness (QED) is 0.906. The second-order valence-corrected chi connectivity index (χ2v) is 5.64. The molecule has 5 nitrogen and oxygen atoms in total. The SMILES string of the molecule is Cc1cccc(C(=O)N2CCSCC2CC(=O)O)n1. The Hall–Kier alpha value is -1.56. The Morgan fingerprint density at radius 3 is 3.00 bits per heavy atom. The highest BCUT2D eigenvalue weighted by Crippen LogP contribution is 2.21. The lowest BCUT2D eigenvalue weighted by Gasteiger charge is -2.34. The van der Waals surface area contributed by atoms with Gasteiger partial charge >= 0.3 is 5.97 Å². The fourth-order valence-electron chi connectivity index (χ4n) is 2.10. The molecule has 0 spiro atoms. The molecule has 1 atom stereocenters. The van der Waals surface area contributed by atoms with Gasteiger partial charge in [-0.1, -0.05) is 6.07 Å². The first kappa shape index (κ1) is 13.9. The Bertz CT molecular complexity index is 493. The molecule has 0 saturated carbocycles. The maximum absolute atomic E-state index is 12.4. The van der Waals surface area contributed by atoms with Gasteiger partial charge in [-0.3, -0.25) is 9.59 Å². The molecule has 1 unspecified atom stereocenters. The van der Waals surface area contributed by atoms with Crippen molar-refractivity contribution in [1.29, 1.82) is 0 Å². The molecule has 1 aliphatic heterocycles. The van der Waals surface area contributed by atoms with Crippen molar-refractivity contribution < 1.29 is 14.7 Å². The molecular formula is C13H16N2O3S. The predicted octanol–water partition coefficient (Wildman–Crippen LogP) is 1.42. The lowest BCUT2D eigenvalue weighted by molar-refractivity contribution is -0.138. The van der Waals surface area contributed by atoms with E-state index in [4.69, 9.17) is 5.11 Å². The Morgan fingerprint density at radius 2 is 2.32 bits per heavy atom. The number of carboxylic acid groups (broad SMARTS) is 1. The maximum Gasteiger partial charge on any atom is 0.305 e. The number of carbonyl (C=O) groups excluding carboxylic acids is 1. The molecule has 1 amide bonds. The number of aliphatic carboxylic acids is 1. The van der Waals surface area contributed by atoms with Crippen LogP contribution in [0.1, 0.15) is 22.6 Å². The zero-order valence-electron chi connectivity index (χ0n) is 10.7. The van der Waals surface area contributed by atoms with Crippen molar-refractivity contribution in [2.45, 2.75) is 19.4 Å². The molecule has 0 radical (unpaired) electrons. The summed E-state index contributed by atoms with van der Waals surface area (Å²) in [5.74, 6) is 0.468. The van der Waals surface area contributed by atoms with Crippen LogP contribution in [0.4, 0.5) is 0 Å². The molecular weight excluding hydrogens is 264 g/mol. The van der Waals surface area contributed by atoms with Gasteiger partial charge in [-0.05, 0) is 19.1 Å². The molecule has 1 aromatic rings. The zero-order chi connectivity index (χ0) is 13.8. The standard InChI is InChI=1S/C13H16N2O3S/c1-9-3-2-4-11(14-9)13(18)15-5-6-19-8-10(15)7-12(16)17/h2-4,10H,5-8H2,1H3,(H,16,17). The third-order valence-corrected chi connectivity index (χ3v) is 4.10. The largest absolute Gasteiger partial charge is 0.481 e. The summed E-state index contributed by atoms with van der Waals surface area (Å²) in [7, 11) is 0. The van der Waals surface area contributed by atoms with Crippen LogP contribution in [0.15, 0.2) is 18.2 Å². The van der Waals surface area contributed by atoms with E-state index in [1.54, 1.807) is 28.8 Å². The van der Waals surface area contributed by atoms with Crippen molar-refractivity contribution >= 4 is 23.6 Å². The van der Waals surface area contributed by atoms with E-state index in [-0.39, 0.29) is 18.4 Å². The van der Waals surface area contributed by atoms with Crippen LogP contribution in [-0.4, -0.2) is 51.0 Å². The molecule has 2 rings (SSSR count). The Morgan fingerprint density at radius 1 is 1.53 bits per heavy atom. The Labute approximate surface area is 116 Å². The first-order chi connectivity index (χ1) is 9.08. The van der Waals surface area contributed by atoms with Crippen LogP contribution in [0.3, 0.4) is 0 Å². The van der Waals surface area contributed by atoms with Crippen LogP contribution in [-0.2, 0) is 4.79 Å². The van der Waals surface area contributed by atoms with Gasteiger partial charge in [-0.15, -0.1) is 0 Å². The number of hydrogen-bond donors (Lipinski definition) is 1. The van der Waals surface area contributed by atoms with E-state index >= 15 is 0 Å². The monoisotopic (exact) mass is 280 g/mol. The van der Waals surface area contributed by atoms with Gasteiger partial charge in [0.15, 0.2) is 0 Å². The number of nitrogens with zero attached hydrogens (tertiary/aromatic N) is 2. The highest BCUT2D eigenvalue weighted by molar-refractivity contribution is 7.99. The summed E-state index contributed by atoms with van der Waals surface area (Å²) >= 11 is 1.69. The van der Waals surface area contributed by atoms with Crippen molar-refractivity contribution in [2.75, 3.05) is 18.1 Å². The van der Waals surface area contributed by atoms with Gasteiger partial charge in [-0.25, -0.2) is 4.98 Å². The number of hydrogen-bond acceptors (Lipinski definition) is 4. The van der Waals surface area contributed by atoms with E-state index in [2.05, 4.69) is 4.98 Å². The van der Waals surface area contributed by atoms with Crippen molar-refractivity contribution in [3.05, 3.63) is 29.6 Å². The normalized spacial score (nSPS) is 19.2.